The van der Waals surface area contributed by atoms with Crippen molar-refractivity contribution in [3.8, 4) is 23.0 Å². The number of ether oxygens (including phenoxy) is 3. The summed E-state index contributed by atoms with van der Waals surface area (Å²) in [4.78, 5) is 13.9. The van der Waals surface area contributed by atoms with Crippen LogP contribution in [0.2, 0.25) is 5.02 Å². The molecule has 0 spiro atoms. The third-order valence-electron chi connectivity index (χ3n) is 9.18. The summed E-state index contributed by atoms with van der Waals surface area (Å²) in [6, 6.07) is 15.4. The lowest BCUT2D eigenvalue weighted by Crippen LogP contribution is -2.35. The fourth-order valence-electron chi connectivity index (χ4n) is 6.56. The number of halogens is 4. The Bertz CT molecular complexity index is 1900. The van der Waals surface area contributed by atoms with Gasteiger partial charge in [0.2, 0.25) is 5.82 Å². The van der Waals surface area contributed by atoms with Gasteiger partial charge in [0.15, 0.2) is 23.4 Å². The second kappa shape index (κ2) is 12.1. The van der Waals surface area contributed by atoms with Crippen LogP contribution in [0.15, 0.2) is 54.7 Å². The molecule has 244 valence electrons. The lowest BCUT2D eigenvalue weighted by Gasteiger charge is -2.35. The highest BCUT2D eigenvalue weighted by molar-refractivity contribution is 6.30. The highest BCUT2D eigenvalue weighted by atomic mass is 35.5. The molecule has 3 aliphatic heterocycles. The van der Waals surface area contributed by atoms with Crippen LogP contribution in [0.3, 0.4) is 0 Å². The maximum Gasteiger partial charge on any atom is 0.451 e. The molecule has 5 aromatic rings. The van der Waals surface area contributed by atoms with Crippen LogP contribution in [0.25, 0.3) is 22.6 Å². The lowest BCUT2D eigenvalue weighted by molar-refractivity contribution is -0.144. The Morgan fingerprint density at radius 3 is 2.55 bits per heavy atom. The van der Waals surface area contributed by atoms with Gasteiger partial charge in [-0.05, 0) is 68.1 Å². The molecule has 0 amide bonds. The van der Waals surface area contributed by atoms with E-state index in [1.165, 1.54) is 5.56 Å². The molecule has 3 aromatic heterocycles. The number of alkyl halides is 3. The van der Waals surface area contributed by atoms with E-state index in [0.717, 1.165) is 67.4 Å². The van der Waals surface area contributed by atoms with Crippen molar-refractivity contribution >= 4 is 22.6 Å². The van der Waals surface area contributed by atoms with Crippen molar-refractivity contribution < 1.29 is 27.4 Å². The summed E-state index contributed by atoms with van der Waals surface area (Å²) < 4.78 is 59.8. The molecule has 3 aliphatic rings. The van der Waals surface area contributed by atoms with E-state index < -0.39 is 12.0 Å². The molecule has 0 bridgehead atoms. The van der Waals surface area contributed by atoms with Gasteiger partial charge in [-0.25, -0.2) is 4.98 Å². The zero-order valence-corrected chi connectivity index (χ0v) is 26.0. The molecule has 8 rings (SSSR count). The number of aromatic amines is 1. The van der Waals surface area contributed by atoms with Gasteiger partial charge in [-0.3, -0.25) is 9.88 Å². The molecule has 2 saturated heterocycles. The van der Waals surface area contributed by atoms with Gasteiger partial charge < -0.3 is 23.8 Å². The van der Waals surface area contributed by atoms with Crippen LogP contribution < -0.4 is 9.47 Å². The van der Waals surface area contributed by atoms with Crippen LogP contribution in [0.5, 0.6) is 11.5 Å². The van der Waals surface area contributed by atoms with E-state index >= 15 is 0 Å². The van der Waals surface area contributed by atoms with Gasteiger partial charge in [0.05, 0.1) is 36.4 Å². The third kappa shape index (κ3) is 6.03. The molecular formula is C33H31ClF3N7O3. The summed E-state index contributed by atoms with van der Waals surface area (Å²) in [5.74, 6) is 1.56. The second-order valence-corrected chi connectivity index (χ2v) is 12.6. The minimum absolute atomic E-state index is 0.0577. The number of nitrogens with zero attached hydrogens (tertiary/aromatic N) is 6. The number of hydrogen-bond acceptors (Lipinski definition) is 8. The predicted molar refractivity (Wildman–Crippen MR) is 166 cm³/mol. The van der Waals surface area contributed by atoms with Crippen molar-refractivity contribution in [2.75, 3.05) is 26.3 Å². The summed E-state index contributed by atoms with van der Waals surface area (Å²) in [6.45, 7) is 4.16. The molecule has 0 unspecified atom stereocenters. The fraction of sp³-hybridized carbons (Fsp3) is 0.394. The first kappa shape index (κ1) is 30.2. The van der Waals surface area contributed by atoms with Crippen molar-refractivity contribution in [3.63, 3.8) is 0 Å². The van der Waals surface area contributed by atoms with Crippen molar-refractivity contribution in [2.45, 2.75) is 56.7 Å². The zero-order chi connectivity index (χ0) is 32.1. The van der Waals surface area contributed by atoms with Crippen molar-refractivity contribution in [3.05, 3.63) is 82.5 Å². The number of para-hydroxylation sites is 1. The maximum absolute atomic E-state index is 13.1. The van der Waals surface area contributed by atoms with E-state index in [9.17, 15) is 13.2 Å². The van der Waals surface area contributed by atoms with Crippen LogP contribution in [0.4, 0.5) is 13.2 Å². The van der Waals surface area contributed by atoms with Gasteiger partial charge in [0.25, 0.3) is 0 Å². The van der Waals surface area contributed by atoms with Crippen molar-refractivity contribution in [2.24, 2.45) is 0 Å². The first-order valence-electron chi connectivity index (χ1n) is 15.7. The third-order valence-corrected chi connectivity index (χ3v) is 9.44. The fourth-order valence-corrected chi connectivity index (χ4v) is 6.68. The number of nitrogens with one attached hydrogen (secondary N) is 1. The molecular weight excluding hydrogens is 635 g/mol. The average molecular weight is 666 g/mol. The molecule has 0 aliphatic carbocycles. The molecule has 1 N–H and O–H groups in total. The SMILES string of the molecule is FC(F)(F)c1nnc(-c2cc3nc(CN4CCC(c5cccc6c5OC[C@@H](c5ccc(Cl)cc5)O6)CC4)n(C[C@@H]4CCO4)c3cn2)[nH]1. The molecule has 2 atom stereocenters. The smallest absolute Gasteiger partial charge is 0.451 e. The minimum atomic E-state index is -4.62. The van der Waals surface area contributed by atoms with E-state index in [2.05, 4.69) is 35.7 Å². The largest absolute Gasteiger partial charge is 0.485 e. The van der Waals surface area contributed by atoms with Crippen LogP contribution in [0, 0.1) is 0 Å². The molecule has 0 radical (unpaired) electrons. The Balaban J connectivity index is 0.978. The molecule has 10 nitrogen and oxygen atoms in total. The summed E-state index contributed by atoms with van der Waals surface area (Å²) >= 11 is 6.07. The number of rotatable bonds is 7. The molecule has 47 heavy (non-hydrogen) atoms. The second-order valence-electron chi connectivity index (χ2n) is 12.2. The van der Waals surface area contributed by atoms with E-state index in [1.54, 1.807) is 12.3 Å². The monoisotopic (exact) mass is 665 g/mol. The van der Waals surface area contributed by atoms with Gasteiger partial charge in [-0.2, -0.15) is 13.2 Å². The topological polar surface area (TPSA) is 103 Å². The van der Waals surface area contributed by atoms with E-state index in [-0.39, 0.29) is 23.7 Å². The normalized spacial score (nSPS) is 20.4. The number of benzene rings is 2. The summed E-state index contributed by atoms with van der Waals surface area (Å²) in [6.07, 6.45) is -0.230. The van der Waals surface area contributed by atoms with Crippen molar-refractivity contribution in [1.29, 1.82) is 0 Å². The van der Waals surface area contributed by atoms with Gasteiger partial charge in [-0.15, -0.1) is 10.2 Å². The zero-order valence-electron chi connectivity index (χ0n) is 25.2. The predicted octanol–water partition coefficient (Wildman–Crippen LogP) is 6.57. The number of hydrogen-bond donors (Lipinski definition) is 1. The maximum atomic E-state index is 13.1. The van der Waals surface area contributed by atoms with E-state index in [4.69, 9.17) is 30.8 Å². The van der Waals surface area contributed by atoms with Gasteiger partial charge in [0.1, 0.15) is 18.1 Å². The van der Waals surface area contributed by atoms with Gasteiger partial charge in [0, 0.05) is 17.2 Å². The number of piperidine rings is 1. The Morgan fingerprint density at radius 1 is 1.02 bits per heavy atom. The minimum Gasteiger partial charge on any atom is -0.485 e. The number of H-pyrrole nitrogens is 1. The van der Waals surface area contributed by atoms with E-state index in [0.29, 0.717) is 36.2 Å². The van der Waals surface area contributed by atoms with Crippen molar-refractivity contribution in [1.82, 2.24) is 34.6 Å². The Kier molecular flexibility index (Phi) is 7.77. The summed E-state index contributed by atoms with van der Waals surface area (Å²) in [5, 5.41) is 7.58. The Labute approximate surface area is 272 Å². The standard InChI is InChI=1S/C33H31ClF3N7O3/c34-21-6-4-20(5-7-21)28-18-46-30-23(2-1-3-27(30)47-28)19-8-11-43(12-9-19)17-29-39-24-14-25(31-40-32(42-41-31)33(35,36)37)38-15-26(24)44(29)16-22-10-13-45-22/h1-7,14-15,19,22,28H,8-13,16-18H2,(H,40,41,42)/t22-,28-/m0/s1. The first-order chi connectivity index (χ1) is 22.8. The molecule has 0 saturated carbocycles. The number of likely N-dealkylation sites (tertiary alicyclic amines) is 1. The highest BCUT2D eigenvalue weighted by Crippen LogP contribution is 2.44. The highest BCUT2D eigenvalue weighted by Gasteiger charge is 2.36. The van der Waals surface area contributed by atoms with Crippen LogP contribution in [-0.4, -0.2) is 67.0 Å². The number of imidazole rings is 1. The first-order valence-corrected chi connectivity index (χ1v) is 16.0. The number of fused-ring (bicyclic) bond motifs is 2. The summed E-state index contributed by atoms with van der Waals surface area (Å²) in [7, 11) is 0. The quantitative estimate of drug-likeness (QED) is 0.208. The van der Waals surface area contributed by atoms with Gasteiger partial charge in [-0.1, -0.05) is 35.9 Å². The summed E-state index contributed by atoms with van der Waals surface area (Å²) in [5.41, 5.74) is 3.87. The number of aromatic nitrogens is 6. The average Bonchev–Trinajstić information content (AvgIpc) is 3.68. The Morgan fingerprint density at radius 2 is 1.83 bits per heavy atom. The van der Waals surface area contributed by atoms with Gasteiger partial charge >= 0.3 is 6.18 Å². The van der Waals surface area contributed by atoms with Crippen LogP contribution in [-0.2, 0) is 24.0 Å². The Hall–Kier alpha value is -4.20. The van der Waals surface area contributed by atoms with Crippen LogP contribution >= 0.6 is 11.6 Å². The lowest BCUT2D eigenvalue weighted by atomic mass is 9.88. The molecule has 2 aromatic carbocycles. The molecule has 2 fully saturated rings. The molecule has 6 heterocycles. The molecule has 14 heteroatoms. The number of pyridine rings is 1. The van der Waals surface area contributed by atoms with Crippen LogP contribution in [0.1, 0.15) is 54.1 Å². The van der Waals surface area contributed by atoms with E-state index in [1.807, 2.05) is 36.4 Å².